The maximum atomic E-state index is 12.7. The highest BCUT2D eigenvalue weighted by Crippen LogP contribution is 2.24. The highest BCUT2D eigenvalue weighted by Gasteiger charge is 2.27. The molecule has 1 aliphatic rings. The molecule has 8 nitrogen and oxygen atoms in total. The smallest absolute Gasteiger partial charge is 0.280 e. The van der Waals surface area contributed by atoms with Crippen molar-refractivity contribution in [3.8, 4) is 11.6 Å². The minimum Gasteiger partial charge on any atom is -0.337 e. The number of aromatic nitrogens is 5. The fourth-order valence-electron chi connectivity index (χ4n) is 3.25. The Bertz CT molecular complexity index is 917. The van der Waals surface area contributed by atoms with E-state index < -0.39 is 0 Å². The second-order valence-corrected chi connectivity index (χ2v) is 7.11. The van der Waals surface area contributed by atoms with Crippen molar-refractivity contribution >= 4 is 5.91 Å². The van der Waals surface area contributed by atoms with Crippen molar-refractivity contribution in [3.63, 3.8) is 0 Å². The Morgan fingerprint density at radius 3 is 2.81 bits per heavy atom. The summed E-state index contributed by atoms with van der Waals surface area (Å²) in [6.07, 6.45) is 3.69. The predicted octanol–water partition coefficient (Wildman–Crippen LogP) is 2.93. The number of rotatable bonds is 4. The number of carbonyl (C=O) groups is 1. The molecule has 0 spiro atoms. The molecule has 1 amide bonds. The number of likely N-dealkylation sites (tertiary alicyclic amines) is 1. The molecule has 3 heterocycles. The highest BCUT2D eigenvalue weighted by atomic mass is 16.5. The number of hydrogen-bond acceptors (Lipinski definition) is 6. The van der Waals surface area contributed by atoms with E-state index in [1.807, 2.05) is 55.3 Å². The minimum atomic E-state index is 0.0547. The second kappa shape index (κ2) is 7.30. The molecular formula is C19H22N6O2. The Labute approximate surface area is 157 Å². The molecule has 3 aromatic rings. The molecule has 0 bridgehead atoms. The summed E-state index contributed by atoms with van der Waals surface area (Å²) >= 11 is 0. The largest absolute Gasteiger partial charge is 0.337 e. The van der Waals surface area contributed by atoms with Crippen molar-refractivity contribution in [1.29, 1.82) is 0 Å². The summed E-state index contributed by atoms with van der Waals surface area (Å²) in [5, 5.41) is 12.4. The fraction of sp³-hybridized carbons (Fsp3) is 0.421. The second-order valence-electron chi connectivity index (χ2n) is 7.11. The van der Waals surface area contributed by atoms with Crippen LogP contribution < -0.4 is 0 Å². The summed E-state index contributed by atoms with van der Waals surface area (Å²) < 4.78 is 7.09. The zero-order valence-corrected chi connectivity index (χ0v) is 15.4. The lowest BCUT2D eigenvalue weighted by atomic mass is 10.0. The number of nitrogens with zero attached hydrogens (tertiary/aromatic N) is 6. The third-order valence-corrected chi connectivity index (χ3v) is 4.77. The SMILES string of the molecule is CC(C)c1noc(-c2cn(C3CCCN(C(=O)c4ccccc4)C3)nn2)n1. The van der Waals surface area contributed by atoms with E-state index in [0.29, 0.717) is 29.5 Å². The zero-order valence-electron chi connectivity index (χ0n) is 15.4. The molecule has 1 aromatic carbocycles. The third-order valence-electron chi connectivity index (χ3n) is 4.77. The van der Waals surface area contributed by atoms with Crippen LogP contribution in [-0.2, 0) is 0 Å². The van der Waals surface area contributed by atoms with Crippen LogP contribution in [0, 0.1) is 0 Å². The van der Waals surface area contributed by atoms with E-state index >= 15 is 0 Å². The van der Waals surface area contributed by atoms with Crippen LogP contribution in [0.1, 0.15) is 54.8 Å². The third kappa shape index (κ3) is 3.60. The molecule has 1 unspecified atom stereocenters. The van der Waals surface area contributed by atoms with Gasteiger partial charge in [0.2, 0.25) is 0 Å². The van der Waals surface area contributed by atoms with Gasteiger partial charge in [-0.05, 0) is 25.0 Å². The molecule has 27 heavy (non-hydrogen) atoms. The van der Waals surface area contributed by atoms with Gasteiger partial charge in [0.25, 0.3) is 11.8 Å². The number of hydrogen-bond donors (Lipinski definition) is 0. The molecule has 0 saturated carbocycles. The van der Waals surface area contributed by atoms with Gasteiger partial charge in [0, 0.05) is 24.6 Å². The van der Waals surface area contributed by atoms with E-state index in [-0.39, 0.29) is 17.9 Å². The molecule has 0 N–H and O–H groups in total. The van der Waals surface area contributed by atoms with Gasteiger partial charge in [-0.25, -0.2) is 4.68 Å². The average Bonchev–Trinajstić information content (AvgIpc) is 3.38. The Hall–Kier alpha value is -3.03. The number of piperidine rings is 1. The monoisotopic (exact) mass is 366 g/mol. The molecule has 1 atom stereocenters. The summed E-state index contributed by atoms with van der Waals surface area (Å²) in [4.78, 5) is 19.0. The molecule has 8 heteroatoms. The standard InChI is InChI=1S/C19H22N6O2/c1-13(2)17-20-18(27-22-17)16-12-25(23-21-16)15-9-6-10-24(11-15)19(26)14-7-4-3-5-8-14/h3-5,7-8,12-13,15H,6,9-11H2,1-2H3. The van der Waals surface area contributed by atoms with Crippen molar-refractivity contribution < 1.29 is 9.32 Å². The van der Waals surface area contributed by atoms with Crippen LogP contribution in [0.5, 0.6) is 0 Å². The van der Waals surface area contributed by atoms with E-state index in [1.165, 1.54) is 0 Å². The van der Waals surface area contributed by atoms with Crippen LogP contribution in [0.15, 0.2) is 41.1 Å². The lowest BCUT2D eigenvalue weighted by Crippen LogP contribution is -2.40. The van der Waals surface area contributed by atoms with Crippen LogP contribution in [-0.4, -0.2) is 49.0 Å². The van der Waals surface area contributed by atoms with E-state index in [4.69, 9.17) is 4.52 Å². The van der Waals surface area contributed by atoms with Gasteiger partial charge in [0.1, 0.15) is 0 Å². The molecule has 1 saturated heterocycles. The van der Waals surface area contributed by atoms with Crippen LogP contribution in [0.4, 0.5) is 0 Å². The normalized spacial score (nSPS) is 17.4. The van der Waals surface area contributed by atoms with Crippen molar-refractivity contribution in [1.82, 2.24) is 30.0 Å². The molecule has 1 aliphatic heterocycles. The lowest BCUT2D eigenvalue weighted by Gasteiger charge is -2.32. The molecule has 0 radical (unpaired) electrons. The molecule has 1 fully saturated rings. The summed E-state index contributed by atoms with van der Waals surface area (Å²) in [5.41, 5.74) is 1.27. The first-order valence-corrected chi connectivity index (χ1v) is 9.22. The average molecular weight is 366 g/mol. The maximum Gasteiger partial charge on any atom is 0.280 e. The van der Waals surface area contributed by atoms with Crippen molar-refractivity contribution in [3.05, 3.63) is 47.9 Å². The minimum absolute atomic E-state index is 0.0547. The molecule has 140 valence electrons. The Balaban J connectivity index is 1.49. The Morgan fingerprint density at radius 2 is 2.07 bits per heavy atom. The summed E-state index contributed by atoms with van der Waals surface area (Å²) in [7, 11) is 0. The van der Waals surface area contributed by atoms with Crippen LogP contribution in [0.3, 0.4) is 0 Å². The van der Waals surface area contributed by atoms with E-state index in [9.17, 15) is 4.79 Å². The van der Waals surface area contributed by atoms with Gasteiger partial charge in [-0.1, -0.05) is 42.4 Å². The van der Waals surface area contributed by atoms with Crippen LogP contribution in [0.2, 0.25) is 0 Å². The fourth-order valence-corrected chi connectivity index (χ4v) is 3.25. The van der Waals surface area contributed by atoms with Crippen molar-refractivity contribution in [2.24, 2.45) is 0 Å². The van der Waals surface area contributed by atoms with Crippen LogP contribution >= 0.6 is 0 Å². The Morgan fingerprint density at radius 1 is 1.26 bits per heavy atom. The van der Waals surface area contributed by atoms with Crippen molar-refractivity contribution in [2.75, 3.05) is 13.1 Å². The first kappa shape index (κ1) is 17.4. The van der Waals surface area contributed by atoms with Gasteiger partial charge in [-0.2, -0.15) is 4.98 Å². The number of benzene rings is 1. The summed E-state index contributed by atoms with van der Waals surface area (Å²) in [6, 6.07) is 9.46. The summed E-state index contributed by atoms with van der Waals surface area (Å²) in [5.74, 6) is 1.27. The zero-order chi connectivity index (χ0) is 18.8. The molecule has 4 rings (SSSR count). The predicted molar refractivity (Wildman–Crippen MR) is 98.0 cm³/mol. The van der Waals surface area contributed by atoms with Gasteiger partial charge in [0.15, 0.2) is 11.5 Å². The first-order valence-electron chi connectivity index (χ1n) is 9.22. The molecular weight excluding hydrogens is 344 g/mol. The summed E-state index contributed by atoms with van der Waals surface area (Å²) in [6.45, 7) is 5.38. The van der Waals surface area contributed by atoms with E-state index in [0.717, 1.165) is 19.4 Å². The molecule has 2 aromatic heterocycles. The van der Waals surface area contributed by atoms with Crippen LogP contribution in [0.25, 0.3) is 11.6 Å². The number of amides is 1. The first-order chi connectivity index (χ1) is 13.1. The topological polar surface area (TPSA) is 89.9 Å². The van der Waals surface area contributed by atoms with Gasteiger partial charge in [-0.3, -0.25) is 4.79 Å². The Kier molecular flexibility index (Phi) is 4.70. The number of carbonyl (C=O) groups excluding carboxylic acids is 1. The molecule has 0 aliphatic carbocycles. The van der Waals surface area contributed by atoms with E-state index in [2.05, 4.69) is 20.5 Å². The van der Waals surface area contributed by atoms with Gasteiger partial charge < -0.3 is 9.42 Å². The van der Waals surface area contributed by atoms with Gasteiger partial charge in [0.05, 0.1) is 12.2 Å². The van der Waals surface area contributed by atoms with E-state index in [1.54, 1.807) is 4.68 Å². The van der Waals surface area contributed by atoms with Gasteiger partial charge in [-0.15, -0.1) is 5.10 Å². The van der Waals surface area contributed by atoms with Gasteiger partial charge >= 0.3 is 0 Å². The maximum absolute atomic E-state index is 12.7. The highest BCUT2D eigenvalue weighted by molar-refractivity contribution is 5.94. The van der Waals surface area contributed by atoms with Crippen molar-refractivity contribution in [2.45, 2.75) is 38.6 Å². The quantitative estimate of drug-likeness (QED) is 0.705. The lowest BCUT2D eigenvalue weighted by molar-refractivity contribution is 0.0672.